The van der Waals surface area contributed by atoms with Crippen LogP contribution in [0, 0.1) is 11.3 Å². The van der Waals surface area contributed by atoms with E-state index in [1.165, 1.54) is 0 Å². The second-order valence-electron chi connectivity index (χ2n) is 1.93. The van der Waals surface area contributed by atoms with Crippen molar-refractivity contribution in [3.63, 3.8) is 0 Å². The third-order valence-corrected chi connectivity index (χ3v) is 1.18. The molecule has 0 aromatic rings. The molecule has 0 saturated carbocycles. The van der Waals surface area contributed by atoms with Crippen LogP contribution in [-0.4, -0.2) is 0 Å². The van der Waals surface area contributed by atoms with Gasteiger partial charge in [0.1, 0.15) is 0 Å². The van der Waals surface area contributed by atoms with E-state index in [2.05, 4.69) is 18.4 Å². The van der Waals surface area contributed by atoms with E-state index in [1.54, 1.807) is 6.08 Å². The summed E-state index contributed by atoms with van der Waals surface area (Å²) in [4.78, 5) is 0. The summed E-state index contributed by atoms with van der Waals surface area (Å²) >= 11 is 0. The predicted molar refractivity (Wildman–Crippen MR) is 46.8 cm³/mol. The fourth-order valence-corrected chi connectivity index (χ4v) is 0.588. The summed E-state index contributed by atoms with van der Waals surface area (Å²) in [6, 6.07) is 2.08. The van der Waals surface area contributed by atoms with Crippen molar-refractivity contribution < 1.29 is 0 Å². The summed E-state index contributed by atoms with van der Waals surface area (Å²) < 4.78 is 0. The first-order chi connectivity index (χ1) is 5.35. The molecule has 0 saturated heterocycles. The highest BCUT2D eigenvalue weighted by Gasteiger charge is 1.85. The molecular formula is C10H11N. The van der Waals surface area contributed by atoms with Crippen LogP contribution in [0.25, 0.3) is 0 Å². The van der Waals surface area contributed by atoms with Crippen molar-refractivity contribution >= 4 is 0 Å². The Balaban J connectivity index is 4.11. The van der Waals surface area contributed by atoms with E-state index in [1.807, 2.05) is 25.2 Å². The Bertz CT molecular complexity index is 245. The Morgan fingerprint density at radius 3 is 2.82 bits per heavy atom. The third-order valence-electron chi connectivity index (χ3n) is 1.18. The minimum Gasteiger partial charge on any atom is -0.198 e. The molecule has 0 aliphatic rings. The van der Waals surface area contributed by atoms with Crippen molar-refractivity contribution in [2.45, 2.75) is 13.3 Å². The second kappa shape index (κ2) is 6.61. The molecule has 0 radical (unpaired) electrons. The van der Waals surface area contributed by atoms with Crippen molar-refractivity contribution in [3.8, 4) is 6.07 Å². The van der Waals surface area contributed by atoms with Gasteiger partial charge in [0.15, 0.2) is 0 Å². The first kappa shape index (κ1) is 9.49. The average molecular weight is 145 g/mol. The summed E-state index contributed by atoms with van der Waals surface area (Å²) in [5.41, 5.74) is 3.63. The molecule has 0 N–H and O–H groups in total. The van der Waals surface area contributed by atoms with E-state index >= 15 is 0 Å². The maximum absolute atomic E-state index is 8.36. The minimum atomic E-state index is 0.456. The fourth-order valence-electron chi connectivity index (χ4n) is 0.588. The lowest BCUT2D eigenvalue weighted by molar-refractivity contribution is 1.26. The molecule has 0 atom stereocenters. The maximum Gasteiger partial charge on any atom is 0.0669 e. The van der Waals surface area contributed by atoms with Crippen molar-refractivity contribution in [1.82, 2.24) is 0 Å². The lowest BCUT2D eigenvalue weighted by Gasteiger charge is -1.88. The van der Waals surface area contributed by atoms with E-state index in [-0.39, 0.29) is 0 Å². The molecule has 1 heteroatoms. The highest BCUT2D eigenvalue weighted by molar-refractivity contribution is 5.23. The van der Waals surface area contributed by atoms with Crippen molar-refractivity contribution in [2.75, 3.05) is 0 Å². The van der Waals surface area contributed by atoms with Gasteiger partial charge in [-0.25, -0.2) is 0 Å². The normalized spacial score (nSPS) is 10.7. The standard InChI is InChI=1S/C10H11N/c1-3-5-6-7-10(4-2)8-9-11/h4-7H,1,8H2,2H3. The Kier molecular flexibility index (Phi) is 5.70. The number of nitriles is 1. The molecular weight excluding hydrogens is 134 g/mol. The lowest BCUT2D eigenvalue weighted by Crippen LogP contribution is -1.72. The molecule has 0 aliphatic carbocycles. The second-order valence-corrected chi connectivity index (χ2v) is 1.93. The molecule has 0 aromatic heterocycles. The molecule has 0 rings (SSSR count). The van der Waals surface area contributed by atoms with E-state index in [9.17, 15) is 0 Å². The van der Waals surface area contributed by atoms with Gasteiger partial charge in [-0.15, -0.1) is 5.73 Å². The van der Waals surface area contributed by atoms with Gasteiger partial charge in [0.25, 0.3) is 0 Å². The molecule has 0 unspecified atom stereocenters. The number of hydrogen-bond acceptors (Lipinski definition) is 1. The van der Waals surface area contributed by atoms with Gasteiger partial charge >= 0.3 is 0 Å². The van der Waals surface area contributed by atoms with Gasteiger partial charge in [0.05, 0.1) is 12.5 Å². The Morgan fingerprint density at radius 2 is 2.36 bits per heavy atom. The summed E-state index contributed by atoms with van der Waals surface area (Å²) in [5, 5.41) is 8.36. The molecule has 56 valence electrons. The molecule has 11 heavy (non-hydrogen) atoms. The Labute approximate surface area is 67.7 Å². The molecule has 0 spiro atoms. The summed E-state index contributed by atoms with van der Waals surface area (Å²) in [7, 11) is 0. The lowest BCUT2D eigenvalue weighted by atomic mass is 10.2. The molecule has 0 bridgehead atoms. The maximum atomic E-state index is 8.36. The van der Waals surface area contributed by atoms with Crippen LogP contribution in [0.15, 0.2) is 42.2 Å². The van der Waals surface area contributed by atoms with Crippen LogP contribution in [-0.2, 0) is 0 Å². The van der Waals surface area contributed by atoms with Crippen molar-refractivity contribution in [3.05, 3.63) is 42.2 Å². The molecule has 0 fully saturated rings. The first-order valence-corrected chi connectivity index (χ1v) is 3.39. The van der Waals surface area contributed by atoms with Gasteiger partial charge in [-0.1, -0.05) is 24.8 Å². The number of rotatable bonds is 3. The molecule has 1 nitrogen and oxygen atoms in total. The molecule has 0 aliphatic heterocycles. The zero-order valence-corrected chi connectivity index (χ0v) is 6.67. The van der Waals surface area contributed by atoms with E-state index < -0.39 is 0 Å². The zero-order chi connectivity index (χ0) is 8.53. The van der Waals surface area contributed by atoms with Gasteiger partial charge in [0, 0.05) is 0 Å². The summed E-state index contributed by atoms with van der Waals surface area (Å²) in [6.45, 7) is 5.32. The van der Waals surface area contributed by atoms with Crippen LogP contribution in [0.1, 0.15) is 13.3 Å². The average Bonchev–Trinajstić information content (AvgIpc) is 2.03. The number of allylic oxidation sites excluding steroid dienone is 5. The van der Waals surface area contributed by atoms with E-state index in [0.717, 1.165) is 5.57 Å². The van der Waals surface area contributed by atoms with Crippen LogP contribution in [0.3, 0.4) is 0 Å². The zero-order valence-electron chi connectivity index (χ0n) is 6.67. The van der Waals surface area contributed by atoms with Gasteiger partial charge in [-0.2, -0.15) is 5.26 Å². The minimum absolute atomic E-state index is 0.456. The Hall–Kier alpha value is -1.51. The van der Waals surface area contributed by atoms with Gasteiger partial charge in [-0.3, -0.25) is 0 Å². The van der Waals surface area contributed by atoms with Gasteiger partial charge in [0.2, 0.25) is 0 Å². The monoisotopic (exact) mass is 145 g/mol. The van der Waals surface area contributed by atoms with E-state index in [0.29, 0.717) is 6.42 Å². The van der Waals surface area contributed by atoms with Gasteiger partial charge < -0.3 is 0 Å². The third kappa shape index (κ3) is 4.96. The molecule has 0 aromatic carbocycles. The topological polar surface area (TPSA) is 23.8 Å². The van der Waals surface area contributed by atoms with Crippen LogP contribution in [0.5, 0.6) is 0 Å². The van der Waals surface area contributed by atoms with E-state index in [4.69, 9.17) is 5.26 Å². The largest absolute Gasteiger partial charge is 0.198 e. The highest BCUT2D eigenvalue weighted by atomic mass is 14.2. The quantitative estimate of drug-likeness (QED) is 0.442. The van der Waals surface area contributed by atoms with Gasteiger partial charge in [-0.05, 0) is 18.6 Å². The van der Waals surface area contributed by atoms with Crippen LogP contribution in [0.4, 0.5) is 0 Å². The van der Waals surface area contributed by atoms with Crippen LogP contribution < -0.4 is 0 Å². The molecule has 0 heterocycles. The van der Waals surface area contributed by atoms with Crippen molar-refractivity contribution in [1.29, 1.82) is 5.26 Å². The van der Waals surface area contributed by atoms with Crippen LogP contribution >= 0.6 is 0 Å². The molecule has 0 amide bonds. The smallest absolute Gasteiger partial charge is 0.0669 e. The summed E-state index contributed by atoms with van der Waals surface area (Å²) in [6.07, 6.45) is 7.77. The number of nitrogens with zero attached hydrogens (tertiary/aromatic N) is 1. The fraction of sp³-hybridized carbons (Fsp3) is 0.200. The summed E-state index contributed by atoms with van der Waals surface area (Å²) in [5.74, 6) is 0. The SMILES string of the molecule is C=C=CC=CC(=CC)CC#N. The first-order valence-electron chi connectivity index (χ1n) is 3.39. The van der Waals surface area contributed by atoms with Crippen molar-refractivity contribution in [2.24, 2.45) is 0 Å². The Morgan fingerprint density at radius 1 is 1.64 bits per heavy atom. The van der Waals surface area contributed by atoms with Crippen LogP contribution in [0.2, 0.25) is 0 Å². The number of hydrogen-bond donors (Lipinski definition) is 0. The highest BCUT2D eigenvalue weighted by Crippen LogP contribution is 2.01. The predicted octanol–water partition coefficient (Wildman–Crippen LogP) is 2.74.